The number of ketones is 1. The molecule has 0 fully saturated rings. The standard InChI is InChI=1S/C13H19NO6/c14-8-3-1-7(2-4-8)5-9(16)11(18)13(20)12(19)10(17)6-15/h1-4,10-13,15,17-20H,5-6,14H2/t10-,11+,12-,13-/m1/s1. The van der Waals surface area contributed by atoms with Crippen molar-refractivity contribution in [3.63, 3.8) is 0 Å². The van der Waals surface area contributed by atoms with Crippen LogP contribution in [-0.4, -0.2) is 62.3 Å². The fraction of sp³-hybridized carbons (Fsp3) is 0.462. The second-order valence-corrected chi connectivity index (χ2v) is 4.56. The summed E-state index contributed by atoms with van der Waals surface area (Å²) in [6, 6.07) is 6.39. The summed E-state index contributed by atoms with van der Waals surface area (Å²) in [6.07, 6.45) is -7.34. The summed E-state index contributed by atoms with van der Waals surface area (Å²) in [7, 11) is 0. The van der Waals surface area contributed by atoms with Crippen LogP contribution in [0.4, 0.5) is 5.69 Å². The van der Waals surface area contributed by atoms with E-state index in [0.717, 1.165) is 0 Å². The summed E-state index contributed by atoms with van der Waals surface area (Å²) >= 11 is 0. The first-order valence-electron chi connectivity index (χ1n) is 6.07. The zero-order valence-electron chi connectivity index (χ0n) is 10.8. The van der Waals surface area contributed by atoms with Crippen molar-refractivity contribution in [1.29, 1.82) is 0 Å². The van der Waals surface area contributed by atoms with Gasteiger partial charge in [-0.05, 0) is 17.7 Å². The molecule has 0 bridgehead atoms. The number of anilines is 1. The van der Waals surface area contributed by atoms with Crippen molar-refractivity contribution in [3.8, 4) is 0 Å². The molecular formula is C13H19NO6. The van der Waals surface area contributed by atoms with Gasteiger partial charge in [0, 0.05) is 12.1 Å². The van der Waals surface area contributed by atoms with E-state index in [0.29, 0.717) is 11.3 Å². The molecule has 0 spiro atoms. The van der Waals surface area contributed by atoms with Gasteiger partial charge in [0.25, 0.3) is 0 Å². The Morgan fingerprint density at radius 3 is 2.10 bits per heavy atom. The number of nitrogens with two attached hydrogens (primary N) is 1. The molecule has 0 saturated heterocycles. The fourth-order valence-electron chi connectivity index (χ4n) is 1.65. The Morgan fingerprint density at radius 1 is 1.05 bits per heavy atom. The Balaban J connectivity index is 2.64. The number of benzene rings is 1. The Hall–Kier alpha value is -1.51. The van der Waals surface area contributed by atoms with Crippen molar-refractivity contribution in [2.45, 2.75) is 30.8 Å². The van der Waals surface area contributed by atoms with Crippen LogP contribution in [0.3, 0.4) is 0 Å². The second kappa shape index (κ2) is 7.32. The lowest BCUT2D eigenvalue weighted by Crippen LogP contribution is -2.49. The Labute approximate surface area is 115 Å². The molecule has 0 radical (unpaired) electrons. The minimum absolute atomic E-state index is 0.152. The smallest absolute Gasteiger partial charge is 0.168 e. The molecule has 1 aromatic rings. The van der Waals surface area contributed by atoms with Gasteiger partial charge in [0.1, 0.15) is 24.4 Å². The minimum atomic E-state index is -1.88. The van der Waals surface area contributed by atoms with Crippen molar-refractivity contribution in [1.82, 2.24) is 0 Å². The highest BCUT2D eigenvalue weighted by Gasteiger charge is 2.33. The van der Waals surface area contributed by atoms with Gasteiger partial charge in [-0.3, -0.25) is 4.79 Å². The number of carbonyl (C=O) groups excluding carboxylic acids is 1. The molecule has 1 rings (SSSR count). The molecule has 112 valence electrons. The Morgan fingerprint density at radius 2 is 1.60 bits per heavy atom. The number of hydrogen-bond acceptors (Lipinski definition) is 7. The maximum absolute atomic E-state index is 11.8. The first-order valence-corrected chi connectivity index (χ1v) is 6.07. The third kappa shape index (κ3) is 4.26. The summed E-state index contributed by atoms with van der Waals surface area (Å²) in [5, 5.41) is 46.4. The normalized spacial score (nSPS) is 17.2. The van der Waals surface area contributed by atoms with E-state index in [9.17, 15) is 20.1 Å². The van der Waals surface area contributed by atoms with Gasteiger partial charge in [-0.2, -0.15) is 0 Å². The molecule has 0 aromatic heterocycles. The molecule has 0 aliphatic heterocycles. The summed E-state index contributed by atoms with van der Waals surface area (Å²) in [5.74, 6) is -0.716. The van der Waals surface area contributed by atoms with Crippen LogP contribution in [-0.2, 0) is 11.2 Å². The van der Waals surface area contributed by atoms with Crippen LogP contribution < -0.4 is 5.73 Å². The number of nitrogen functional groups attached to an aromatic ring is 1. The predicted octanol–water partition coefficient (Wildman–Crippen LogP) is -2.18. The molecule has 0 amide bonds. The first kappa shape index (κ1) is 16.5. The SMILES string of the molecule is Nc1ccc(CC(=O)[C@H](O)[C@@H](O)[C@H](O)[C@H](O)CO)cc1. The number of Topliss-reactive ketones (excluding diaryl/α,β-unsaturated/α-hetero) is 1. The van der Waals surface area contributed by atoms with Gasteiger partial charge in [-0.15, -0.1) is 0 Å². The van der Waals surface area contributed by atoms with Crippen LogP contribution in [0.5, 0.6) is 0 Å². The number of aliphatic hydroxyl groups excluding tert-OH is 5. The molecule has 0 aliphatic carbocycles. The molecule has 0 aliphatic rings. The van der Waals surface area contributed by atoms with Crippen molar-refractivity contribution in [3.05, 3.63) is 29.8 Å². The molecule has 4 atom stereocenters. The maximum Gasteiger partial charge on any atom is 0.168 e. The number of rotatable bonds is 7. The third-order valence-electron chi connectivity index (χ3n) is 2.94. The third-order valence-corrected chi connectivity index (χ3v) is 2.94. The fourth-order valence-corrected chi connectivity index (χ4v) is 1.65. The zero-order chi connectivity index (χ0) is 15.3. The molecule has 20 heavy (non-hydrogen) atoms. The van der Waals surface area contributed by atoms with Gasteiger partial charge < -0.3 is 31.3 Å². The van der Waals surface area contributed by atoms with Crippen LogP contribution >= 0.6 is 0 Å². The highest BCUT2D eigenvalue weighted by atomic mass is 16.4. The molecule has 7 nitrogen and oxygen atoms in total. The van der Waals surface area contributed by atoms with Crippen LogP contribution in [0, 0.1) is 0 Å². The molecule has 0 heterocycles. The summed E-state index contributed by atoms with van der Waals surface area (Å²) in [6.45, 7) is -0.795. The first-order chi connectivity index (χ1) is 9.36. The lowest BCUT2D eigenvalue weighted by Gasteiger charge is -2.24. The Bertz CT molecular complexity index is 435. The second-order valence-electron chi connectivity index (χ2n) is 4.56. The highest BCUT2D eigenvalue weighted by molar-refractivity contribution is 5.85. The number of aliphatic hydroxyl groups is 5. The van der Waals surface area contributed by atoms with Gasteiger partial charge in [0.2, 0.25) is 0 Å². The molecule has 7 N–H and O–H groups in total. The van der Waals surface area contributed by atoms with Crippen molar-refractivity contribution < 1.29 is 30.3 Å². The minimum Gasteiger partial charge on any atom is -0.399 e. The van der Waals surface area contributed by atoms with Gasteiger partial charge in [-0.25, -0.2) is 0 Å². The largest absolute Gasteiger partial charge is 0.399 e. The topological polar surface area (TPSA) is 144 Å². The van der Waals surface area contributed by atoms with E-state index in [1.165, 1.54) is 0 Å². The molecule has 7 heteroatoms. The molecule has 0 saturated carbocycles. The van der Waals surface area contributed by atoms with E-state index in [1.807, 2.05) is 0 Å². The van der Waals surface area contributed by atoms with Gasteiger partial charge in [0.05, 0.1) is 6.61 Å². The van der Waals surface area contributed by atoms with Crippen molar-refractivity contribution in [2.75, 3.05) is 12.3 Å². The maximum atomic E-state index is 11.8. The zero-order valence-corrected chi connectivity index (χ0v) is 10.8. The van der Waals surface area contributed by atoms with Gasteiger partial charge in [0.15, 0.2) is 5.78 Å². The highest BCUT2D eigenvalue weighted by Crippen LogP contribution is 2.11. The average Bonchev–Trinajstić information content (AvgIpc) is 2.46. The average molecular weight is 285 g/mol. The van der Waals surface area contributed by atoms with E-state index < -0.39 is 36.8 Å². The van der Waals surface area contributed by atoms with Crippen LogP contribution in [0.15, 0.2) is 24.3 Å². The lowest BCUT2D eigenvalue weighted by atomic mass is 9.97. The van der Waals surface area contributed by atoms with E-state index in [2.05, 4.69) is 0 Å². The summed E-state index contributed by atoms with van der Waals surface area (Å²) in [5.41, 5.74) is 6.62. The van der Waals surface area contributed by atoms with E-state index in [4.69, 9.17) is 15.9 Å². The van der Waals surface area contributed by atoms with Crippen molar-refractivity contribution >= 4 is 11.5 Å². The molecule has 0 unspecified atom stereocenters. The monoisotopic (exact) mass is 285 g/mol. The lowest BCUT2D eigenvalue weighted by molar-refractivity contribution is -0.146. The number of hydrogen-bond donors (Lipinski definition) is 6. The summed E-state index contributed by atoms with van der Waals surface area (Å²) in [4.78, 5) is 11.8. The van der Waals surface area contributed by atoms with Crippen LogP contribution in [0.2, 0.25) is 0 Å². The van der Waals surface area contributed by atoms with E-state index in [-0.39, 0.29) is 6.42 Å². The van der Waals surface area contributed by atoms with E-state index in [1.54, 1.807) is 24.3 Å². The van der Waals surface area contributed by atoms with Gasteiger partial charge in [-0.1, -0.05) is 12.1 Å². The van der Waals surface area contributed by atoms with E-state index >= 15 is 0 Å². The Kier molecular flexibility index (Phi) is 6.05. The molecular weight excluding hydrogens is 266 g/mol. The number of carbonyl (C=O) groups is 1. The van der Waals surface area contributed by atoms with Gasteiger partial charge >= 0.3 is 0 Å². The van der Waals surface area contributed by atoms with Crippen LogP contribution in [0.25, 0.3) is 0 Å². The summed E-state index contributed by atoms with van der Waals surface area (Å²) < 4.78 is 0. The predicted molar refractivity (Wildman–Crippen MR) is 70.7 cm³/mol. The van der Waals surface area contributed by atoms with Crippen LogP contribution in [0.1, 0.15) is 5.56 Å². The quantitative estimate of drug-likeness (QED) is 0.312. The molecule has 1 aromatic carbocycles. The van der Waals surface area contributed by atoms with Crippen molar-refractivity contribution in [2.24, 2.45) is 0 Å².